The van der Waals surface area contributed by atoms with Crippen molar-refractivity contribution in [2.45, 2.75) is 38.1 Å². The van der Waals surface area contributed by atoms with E-state index in [0.717, 1.165) is 17.9 Å². The van der Waals surface area contributed by atoms with Gasteiger partial charge < -0.3 is 5.32 Å². The van der Waals surface area contributed by atoms with Crippen molar-refractivity contribution < 1.29 is 0 Å². The normalized spacial score (nSPS) is 28.9. The van der Waals surface area contributed by atoms with Crippen LogP contribution in [0.2, 0.25) is 0 Å². The van der Waals surface area contributed by atoms with Gasteiger partial charge in [-0.2, -0.15) is 0 Å². The maximum absolute atomic E-state index is 3.77. The average Bonchev–Trinajstić information content (AvgIpc) is 3.08. The fraction of sp³-hybridized carbons (Fsp3) is 0.474. The molecule has 1 N–H and O–H groups in total. The zero-order valence-electron chi connectivity index (χ0n) is 12.0. The number of benzene rings is 2. The lowest BCUT2D eigenvalue weighted by Crippen LogP contribution is -2.27. The fourth-order valence-corrected chi connectivity index (χ4v) is 4.34. The van der Waals surface area contributed by atoms with Crippen molar-refractivity contribution in [3.63, 3.8) is 0 Å². The molecule has 0 radical (unpaired) electrons. The maximum Gasteiger partial charge on any atom is 0.0102 e. The van der Waals surface area contributed by atoms with E-state index in [2.05, 4.69) is 47.8 Å². The summed E-state index contributed by atoms with van der Waals surface area (Å²) in [6.45, 7) is 1.27. The summed E-state index contributed by atoms with van der Waals surface area (Å²) in [5.41, 5.74) is 1.49. The number of fused-ring (bicyclic) bond motifs is 2. The molecular formula is C19H23N. The van der Waals surface area contributed by atoms with Crippen molar-refractivity contribution in [1.29, 1.82) is 0 Å². The highest BCUT2D eigenvalue weighted by Gasteiger charge is 2.38. The Morgan fingerprint density at radius 3 is 2.85 bits per heavy atom. The average molecular weight is 265 g/mol. The molecule has 20 heavy (non-hydrogen) atoms. The Hall–Kier alpha value is -1.34. The fourth-order valence-electron chi connectivity index (χ4n) is 4.34. The molecule has 0 amide bonds. The van der Waals surface area contributed by atoms with E-state index in [1.165, 1.54) is 55.0 Å². The van der Waals surface area contributed by atoms with E-state index in [1.54, 1.807) is 0 Å². The monoisotopic (exact) mass is 265 g/mol. The lowest BCUT2D eigenvalue weighted by atomic mass is 9.90. The van der Waals surface area contributed by atoms with Crippen LogP contribution in [-0.4, -0.2) is 12.6 Å². The van der Waals surface area contributed by atoms with Crippen LogP contribution in [0.4, 0.5) is 0 Å². The van der Waals surface area contributed by atoms with Crippen LogP contribution in [0.15, 0.2) is 42.5 Å². The quantitative estimate of drug-likeness (QED) is 0.878. The first kappa shape index (κ1) is 12.4. The van der Waals surface area contributed by atoms with Crippen LogP contribution in [0, 0.1) is 11.8 Å². The van der Waals surface area contributed by atoms with Crippen molar-refractivity contribution >= 4 is 10.8 Å². The topological polar surface area (TPSA) is 12.0 Å². The van der Waals surface area contributed by atoms with Crippen molar-refractivity contribution in [2.75, 3.05) is 6.54 Å². The van der Waals surface area contributed by atoms with E-state index < -0.39 is 0 Å². The van der Waals surface area contributed by atoms with Crippen LogP contribution in [0.5, 0.6) is 0 Å². The summed E-state index contributed by atoms with van der Waals surface area (Å²) in [5.74, 6) is 1.95. The van der Waals surface area contributed by atoms with E-state index >= 15 is 0 Å². The largest absolute Gasteiger partial charge is 0.313 e. The zero-order chi connectivity index (χ0) is 13.4. The number of aryl methyl sites for hydroxylation is 1. The van der Waals surface area contributed by atoms with Gasteiger partial charge in [0.2, 0.25) is 0 Å². The van der Waals surface area contributed by atoms with E-state index in [1.807, 2.05) is 0 Å². The van der Waals surface area contributed by atoms with Gasteiger partial charge in [0.05, 0.1) is 0 Å². The lowest BCUT2D eigenvalue weighted by molar-refractivity contribution is 0.393. The zero-order valence-corrected chi connectivity index (χ0v) is 12.0. The van der Waals surface area contributed by atoms with Gasteiger partial charge in [-0.3, -0.25) is 0 Å². The second-order valence-corrected chi connectivity index (χ2v) is 6.59. The van der Waals surface area contributed by atoms with Crippen molar-refractivity contribution in [3.8, 4) is 0 Å². The van der Waals surface area contributed by atoms with Crippen molar-refractivity contribution in [2.24, 2.45) is 11.8 Å². The van der Waals surface area contributed by atoms with Crippen LogP contribution in [0.1, 0.15) is 31.2 Å². The van der Waals surface area contributed by atoms with Gasteiger partial charge in [-0.1, -0.05) is 48.9 Å². The molecule has 0 spiro atoms. The standard InChI is InChI=1S/C19H23N/c1-2-5-16-12-14(8-10-15(16)4-1)9-11-19-18-7-3-6-17(18)13-20-19/h1-2,4-5,8,10,12,17-20H,3,6-7,9,11,13H2. The third-order valence-electron chi connectivity index (χ3n) is 5.43. The molecule has 2 aromatic carbocycles. The Labute approximate surface area is 121 Å². The van der Waals surface area contributed by atoms with E-state index in [0.29, 0.717) is 0 Å². The van der Waals surface area contributed by atoms with E-state index in [9.17, 15) is 0 Å². The summed E-state index contributed by atoms with van der Waals surface area (Å²) in [4.78, 5) is 0. The predicted molar refractivity (Wildman–Crippen MR) is 84.9 cm³/mol. The summed E-state index contributed by atoms with van der Waals surface area (Å²) in [5, 5.41) is 6.50. The molecule has 0 aromatic heterocycles. The van der Waals surface area contributed by atoms with Crippen molar-refractivity contribution in [1.82, 2.24) is 5.32 Å². The Bertz CT molecular complexity index is 603. The lowest BCUT2D eigenvalue weighted by Gasteiger charge is -2.18. The summed E-state index contributed by atoms with van der Waals surface area (Å²) in [6.07, 6.45) is 6.90. The second-order valence-electron chi connectivity index (χ2n) is 6.59. The molecule has 1 nitrogen and oxygen atoms in total. The number of rotatable bonds is 3. The molecule has 4 rings (SSSR count). The summed E-state index contributed by atoms with van der Waals surface area (Å²) < 4.78 is 0. The molecule has 2 aliphatic rings. The first-order valence-corrected chi connectivity index (χ1v) is 8.11. The van der Waals surface area contributed by atoms with Gasteiger partial charge >= 0.3 is 0 Å². The third-order valence-corrected chi connectivity index (χ3v) is 5.43. The number of hydrogen-bond acceptors (Lipinski definition) is 1. The van der Waals surface area contributed by atoms with Gasteiger partial charge in [-0.15, -0.1) is 0 Å². The highest BCUT2D eigenvalue weighted by Crippen LogP contribution is 2.39. The Balaban J connectivity index is 1.45. The Morgan fingerprint density at radius 1 is 1.00 bits per heavy atom. The van der Waals surface area contributed by atoms with Crippen LogP contribution in [0.3, 0.4) is 0 Å². The van der Waals surface area contributed by atoms with Gasteiger partial charge in [0, 0.05) is 6.04 Å². The van der Waals surface area contributed by atoms with Crippen LogP contribution in [0.25, 0.3) is 10.8 Å². The van der Waals surface area contributed by atoms with Gasteiger partial charge in [-0.25, -0.2) is 0 Å². The van der Waals surface area contributed by atoms with E-state index in [-0.39, 0.29) is 0 Å². The highest BCUT2D eigenvalue weighted by molar-refractivity contribution is 5.82. The molecule has 0 bridgehead atoms. The highest BCUT2D eigenvalue weighted by atomic mass is 15.0. The Morgan fingerprint density at radius 2 is 1.90 bits per heavy atom. The molecule has 1 saturated carbocycles. The van der Waals surface area contributed by atoms with Gasteiger partial charge in [0.1, 0.15) is 0 Å². The number of nitrogens with one attached hydrogen (secondary N) is 1. The first-order valence-electron chi connectivity index (χ1n) is 8.11. The van der Waals surface area contributed by atoms with Gasteiger partial charge in [-0.05, 0) is 60.4 Å². The molecule has 1 heterocycles. The second kappa shape index (κ2) is 5.21. The molecule has 2 fully saturated rings. The molecule has 3 atom stereocenters. The molecule has 1 aliphatic carbocycles. The molecule has 2 aromatic rings. The minimum Gasteiger partial charge on any atom is -0.313 e. The smallest absolute Gasteiger partial charge is 0.0102 e. The molecule has 104 valence electrons. The predicted octanol–water partition coefficient (Wildman–Crippen LogP) is 4.16. The van der Waals surface area contributed by atoms with Gasteiger partial charge in [0.25, 0.3) is 0 Å². The van der Waals surface area contributed by atoms with Crippen LogP contribution >= 0.6 is 0 Å². The molecule has 1 heteroatoms. The first-order chi connectivity index (χ1) is 9.90. The molecular weight excluding hydrogens is 242 g/mol. The van der Waals surface area contributed by atoms with Crippen LogP contribution in [-0.2, 0) is 6.42 Å². The maximum atomic E-state index is 3.77. The Kier molecular flexibility index (Phi) is 3.23. The summed E-state index contributed by atoms with van der Waals surface area (Å²) >= 11 is 0. The number of hydrogen-bond donors (Lipinski definition) is 1. The minimum atomic E-state index is 0.772. The van der Waals surface area contributed by atoms with Crippen molar-refractivity contribution in [3.05, 3.63) is 48.0 Å². The minimum absolute atomic E-state index is 0.772. The molecule has 3 unspecified atom stereocenters. The molecule has 1 aliphatic heterocycles. The SMILES string of the molecule is c1ccc2cc(CCC3NCC4CCCC43)ccc2c1. The van der Waals surface area contributed by atoms with E-state index in [4.69, 9.17) is 0 Å². The molecule has 1 saturated heterocycles. The van der Waals surface area contributed by atoms with Crippen LogP contribution < -0.4 is 5.32 Å². The summed E-state index contributed by atoms with van der Waals surface area (Å²) in [7, 11) is 0. The third kappa shape index (κ3) is 2.25. The summed E-state index contributed by atoms with van der Waals surface area (Å²) in [6, 6.07) is 16.4. The van der Waals surface area contributed by atoms with Gasteiger partial charge in [0.15, 0.2) is 0 Å².